The molecule has 0 aliphatic rings. The topological polar surface area (TPSA) is 80.9 Å². The van der Waals surface area contributed by atoms with Gasteiger partial charge in [0.25, 0.3) is 0 Å². The summed E-state index contributed by atoms with van der Waals surface area (Å²) in [7, 11) is 0. The van der Waals surface area contributed by atoms with Gasteiger partial charge >= 0.3 is 24.7 Å². The van der Waals surface area contributed by atoms with E-state index in [4.69, 9.17) is 0 Å². The smallest absolute Gasteiger partial charge is 0.419 e. The molecule has 0 saturated carbocycles. The van der Waals surface area contributed by atoms with Gasteiger partial charge in [-0.2, -0.15) is 52.7 Å². The fraction of sp³-hybridized carbons (Fsp3) is 0.333. The molecule has 0 spiro atoms. The number of aromatic hydroxyl groups is 2. The van der Waals surface area contributed by atoms with Gasteiger partial charge in [-0.3, -0.25) is 0 Å². The Morgan fingerprint density at radius 3 is 0.765 bits per heavy atom. The van der Waals surface area contributed by atoms with Crippen LogP contribution in [0, 0.1) is 0 Å². The van der Waals surface area contributed by atoms with Crippen LogP contribution in [0.3, 0.4) is 0 Å². The fourth-order valence-corrected chi connectivity index (χ4v) is 2.88. The summed E-state index contributed by atoms with van der Waals surface area (Å²) in [6.07, 6.45) is -28.4. The molecule has 34 heavy (non-hydrogen) atoms. The van der Waals surface area contributed by atoms with Gasteiger partial charge in [0.1, 0.15) is 23.7 Å². The van der Waals surface area contributed by atoms with Gasteiger partial charge in [0, 0.05) is 0 Å². The molecule has 2 rings (SSSR count). The van der Waals surface area contributed by atoms with E-state index in [-0.39, 0.29) is 24.3 Å². The minimum Gasteiger partial charge on any atom is -0.507 e. The van der Waals surface area contributed by atoms with Crippen molar-refractivity contribution in [3.8, 4) is 11.5 Å². The first-order valence-electron chi connectivity index (χ1n) is 8.45. The van der Waals surface area contributed by atoms with Crippen LogP contribution in [-0.2, 0) is 24.7 Å². The maximum absolute atomic E-state index is 13.0. The van der Waals surface area contributed by atoms with Crippen LogP contribution >= 0.6 is 0 Å². The average molecular weight is 518 g/mol. The molecule has 16 heteroatoms. The molecule has 0 radical (unpaired) electrons. The number of rotatable bonds is 3. The Morgan fingerprint density at radius 2 is 0.618 bits per heavy atom. The number of hydrogen-bond donors (Lipinski definition) is 4. The lowest BCUT2D eigenvalue weighted by Gasteiger charge is -2.24. The van der Waals surface area contributed by atoms with Crippen molar-refractivity contribution in [2.45, 2.75) is 36.9 Å². The highest BCUT2D eigenvalue weighted by molar-refractivity contribution is 5.50. The van der Waals surface area contributed by atoms with Gasteiger partial charge in [-0.25, -0.2) is 0 Å². The molecule has 0 aliphatic carbocycles. The Morgan fingerprint density at radius 1 is 0.441 bits per heavy atom. The molecule has 0 bridgehead atoms. The monoisotopic (exact) mass is 518 g/mol. The lowest BCUT2D eigenvalue weighted by molar-refractivity contribution is -0.147. The van der Waals surface area contributed by atoms with E-state index >= 15 is 0 Å². The first-order chi connectivity index (χ1) is 15.1. The van der Waals surface area contributed by atoms with Crippen molar-refractivity contribution in [1.29, 1.82) is 0 Å². The molecule has 0 aromatic heterocycles. The summed E-state index contributed by atoms with van der Waals surface area (Å²) in [6.45, 7) is 0. The molecule has 4 nitrogen and oxygen atoms in total. The van der Waals surface area contributed by atoms with Gasteiger partial charge in [-0.15, -0.1) is 0 Å². The highest BCUT2D eigenvalue weighted by Gasteiger charge is 2.45. The molecule has 4 N–H and O–H groups in total. The van der Waals surface area contributed by atoms with Crippen molar-refractivity contribution in [2.75, 3.05) is 0 Å². The second kappa shape index (κ2) is 8.41. The molecule has 0 heterocycles. The number of phenols is 2. The summed E-state index contributed by atoms with van der Waals surface area (Å²) < 4.78 is 157. The van der Waals surface area contributed by atoms with Crippen molar-refractivity contribution in [3.05, 3.63) is 57.6 Å². The quantitative estimate of drug-likeness (QED) is 0.380. The summed E-state index contributed by atoms with van der Waals surface area (Å²) in [5, 5.41) is 38.8. The normalized spacial score (nSPS) is 15.4. The third kappa shape index (κ3) is 5.43. The van der Waals surface area contributed by atoms with Crippen LogP contribution in [0.5, 0.6) is 11.5 Å². The van der Waals surface area contributed by atoms with Gasteiger partial charge in [-0.1, -0.05) is 0 Å². The second-order valence-electron chi connectivity index (χ2n) is 6.81. The zero-order chi connectivity index (χ0) is 26.6. The summed E-state index contributed by atoms with van der Waals surface area (Å²) >= 11 is 0. The van der Waals surface area contributed by atoms with Crippen molar-refractivity contribution in [1.82, 2.24) is 0 Å². The number of halogens is 12. The van der Waals surface area contributed by atoms with E-state index in [2.05, 4.69) is 0 Å². The van der Waals surface area contributed by atoms with Gasteiger partial charge in [0.15, 0.2) is 0 Å². The number of aliphatic hydroxyl groups excluding tert-OH is 2. The number of benzene rings is 2. The van der Waals surface area contributed by atoms with Gasteiger partial charge in [0.05, 0.1) is 22.3 Å². The largest absolute Gasteiger partial charge is 0.507 e. The fourth-order valence-electron chi connectivity index (χ4n) is 2.88. The summed E-state index contributed by atoms with van der Waals surface area (Å²) in [5.41, 5.74) is -12.3. The molecule has 190 valence electrons. The first-order valence-corrected chi connectivity index (χ1v) is 8.45. The Balaban J connectivity index is 2.74. The molecule has 2 unspecified atom stereocenters. The number of aliphatic hydroxyl groups is 2. The number of hydrogen-bond acceptors (Lipinski definition) is 4. The third-order valence-electron chi connectivity index (χ3n) is 4.47. The third-order valence-corrected chi connectivity index (χ3v) is 4.47. The van der Waals surface area contributed by atoms with E-state index < -0.39 is 81.8 Å². The van der Waals surface area contributed by atoms with Crippen molar-refractivity contribution < 1.29 is 73.1 Å². The van der Waals surface area contributed by atoms with E-state index in [0.717, 1.165) is 0 Å². The van der Waals surface area contributed by atoms with Crippen LogP contribution in [0.25, 0.3) is 0 Å². The molecule has 2 aromatic rings. The van der Waals surface area contributed by atoms with E-state index in [9.17, 15) is 73.1 Å². The highest BCUT2D eigenvalue weighted by Crippen LogP contribution is 2.48. The zero-order valence-corrected chi connectivity index (χ0v) is 15.8. The molecule has 0 fully saturated rings. The standard InChI is InChI=1S/C18H10F12O4/c19-15(20,21)7-1-5(2-8(13(7)33)16(22,23)24)11(31)12(32)6-3-9(17(25,26)27)14(34)10(4-6)18(28,29)30/h1-4,11-12,31-34H. The summed E-state index contributed by atoms with van der Waals surface area (Å²) in [4.78, 5) is 0. The Labute approximate surface area is 180 Å². The van der Waals surface area contributed by atoms with Crippen LogP contribution in [0.15, 0.2) is 24.3 Å². The second-order valence-corrected chi connectivity index (χ2v) is 6.81. The molecule has 2 aromatic carbocycles. The lowest BCUT2D eigenvalue weighted by atomic mass is 9.92. The molecular weight excluding hydrogens is 508 g/mol. The lowest BCUT2D eigenvalue weighted by Crippen LogP contribution is -2.18. The maximum Gasteiger partial charge on any atom is 0.419 e. The van der Waals surface area contributed by atoms with Crippen molar-refractivity contribution >= 4 is 0 Å². The Kier molecular flexibility index (Phi) is 6.77. The Hall–Kier alpha value is -2.88. The molecule has 2 atom stereocenters. The summed E-state index contributed by atoms with van der Waals surface area (Å²) in [5.74, 6) is -4.62. The van der Waals surface area contributed by atoms with E-state index in [0.29, 0.717) is 0 Å². The van der Waals surface area contributed by atoms with Crippen molar-refractivity contribution in [2.24, 2.45) is 0 Å². The van der Waals surface area contributed by atoms with Gasteiger partial charge in [-0.05, 0) is 35.4 Å². The average Bonchev–Trinajstić information content (AvgIpc) is 2.63. The Bertz CT molecular complexity index is 911. The maximum atomic E-state index is 13.0. The van der Waals surface area contributed by atoms with Crippen LogP contribution < -0.4 is 0 Å². The SMILES string of the molecule is Oc1c(C(F)(F)F)cc(C(O)C(O)c2cc(C(F)(F)F)c(O)c(C(F)(F)F)c2)cc1C(F)(F)F. The van der Waals surface area contributed by atoms with E-state index in [1.807, 2.05) is 0 Å². The molecule has 0 aliphatic heterocycles. The summed E-state index contributed by atoms with van der Waals surface area (Å²) in [6, 6.07) is -1.08. The predicted molar refractivity (Wildman–Crippen MR) is 86.1 cm³/mol. The molecule has 0 saturated heterocycles. The van der Waals surface area contributed by atoms with Crippen molar-refractivity contribution in [3.63, 3.8) is 0 Å². The van der Waals surface area contributed by atoms with Crippen LogP contribution in [0.1, 0.15) is 45.6 Å². The van der Waals surface area contributed by atoms with Crippen LogP contribution in [0.2, 0.25) is 0 Å². The van der Waals surface area contributed by atoms with Crippen LogP contribution in [0.4, 0.5) is 52.7 Å². The predicted octanol–water partition coefficient (Wildman–Crippen LogP) is 5.94. The minimum atomic E-state index is -5.64. The highest BCUT2D eigenvalue weighted by atomic mass is 19.4. The van der Waals surface area contributed by atoms with E-state index in [1.54, 1.807) is 0 Å². The van der Waals surface area contributed by atoms with Crippen LogP contribution in [-0.4, -0.2) is 20.4 Å². The zero-order valence-electron chi connectivity index (χ0n) is 15.8. The minimum absolute atomic E-state index is 0.270. The van der Waals surface area contributed by atoms with E-state index in [1.165, 1.54) is 0 Å². The van der Waals surface area contributed by atoms with Gasteiger partial charge in [0.2, 0.25) is 0 Å². The first kappa shape index (κ1) is 27.4. The van der Waals surface area contributed by atoms with Gasteiger partial charge < -0.3 is 20.4 Å². The molecular formula is C18H10F12O4. The molecule has 0 amide bonds. The number of alkyl halides is 12. The number of phenolic OH excluding ortho intramolecular Hbond substituents is 2.